The highest BCUT2D eigenvalue weighted by Gasteiger charge is 2.13. The van der Waals surface area contributed by atoms with Gasteiger partial charge in [0.25, 0.3) is 11.8 Å². The van der Waals surface area contributed by atoms with Crippen molar-refractivity contribution in [3.05, 3.63) is 95.3 Å². The molecule has 2 amide bonds. The van der Waals surface area contributed by atoms with Gasteiger partial charge in [-0.3, -0.25) is 9.59 Å². The highest BCUT2D eigenvalue weighted by atomic mass is 19.1. The van der Waals surface area contributed by atoms with Crippen LogP contribution in [-0.4, -0.2) is 29.5 Å². The van der Waals surface area contributed by atoms with Gasteiger partial charge in [0.2, 0.25) is 0 Å². The zero-order chi connectivity index (χ0) is 24.5. The number of benzene rings is 3. The molecule has 0 radical (unpaired) electrons. The van der Waals surface area contributed by atoms with Crippen molar-refractivity contribution < 1.29 is 28.6 Å². The van der Waals surface area contributed by atoms with Gasteiger partial charge in [-0.1, -0.05) is 24.3 Å². The summed E-state index contributed by atoms with van der Waals surface area (Å²) in [5.41, 5.74) is 0.722. The molecule has 0 saturated carbocycles. The van der Waals surface area contributed by atoms with Crippen LogP contribution in [-0.2, 0) is 9.59 Å². The number of carbonyl (C=O) groups is 3. The van der Waals surface area contributed by atoms with Gasteiger partial charge in [-0.15, -0.1) is 0 Å². The van der Waals surface area contributed by atoms with Crippen LogP contribution in [0.1, 0.15) is 15.9 Å². The first-order chi connectivity index (χ1) is 16.4. The number of nitriles is 1. The zero-order valence-corrected chi connectivity index (χ0v) is 17.6. The SMILES string of the molecule is N#CC(=Cc1ccccc1OCC(=O)Nc1ccc(F)cc1)C(=O)Nc1cccc(C(=O)O)c1. The van der Waals surface area contributed by atoms with Crippen molar-refractivity contribution in [1.82, 2.24) is 0 Å². The number of aromatic carboxylic acids is 1. The van der Waals surface area contributed by atoms with Gasteiger partial charge in [0, 0.05) is 16.9 Å². The van der Waals surface area contributed by atoms with Crippen LogP contribution in [0.4, 0.5) is 15.8 Å². The molecular weight excluding hydrogens is 441 g/mol. The van der Waals surface area contributed by atoms with Crippen LogP contribution >= 0.6 is 0 Å². The number of nitrogens with zero attached hydrogens (tertiary/aromatic N) is 1. The maximum atomic E-state index is 13.0. The number of para-hydroxylation sites is 1. The van der Waals surface area contributed by atoms with Gasteiger partial charge in [-0.05, 0) is 54.6 Å². The number of halogens is 1. The van der Waals surface area contributed by atoms with Crippen LogP contribution in [0, 0.1) is 17.1 Å². The van der Waals surface area contributed by atoms with Crippen molar-refractivity contribution in [2.45, 2.75) is 0 Å². The Morgan fingerprint density at radius 1 is 0.971 bits per heavy atom. The van der Waals surface area contributed by atoms with E-state index in [1.807, 2.05) is 0 Å². The second kappa shape index (κ2) is 11.1. The second-order valence-corrected chi connectivity index (χ2v) is 6.89. The Bertz CT molecular complexity index is 1300. The molecule has 8 nitrogen and oxygen atoms in total. The molecule has 0 fully saturated rings. The van der Waals surface area contributed by atoms with Crippen LogP contribution in [0.5, 0.6) is 5.75 Å². The summed E-state index contributed by atoms with van der Waals surface area (Å²) >= 11 is 0. The third kappa shape index (κ3) is 6.51. The van der Waals surface area contributed by atoms with Gasteiger partial charge in [0.05, 0.1) is 5.56 Å². The Labute approximate surface area is 193 Å². The Morgan fingerprint density at radius 2 is 1.71 bits per heavy atom. The number of hydrogen-bond acceptors (Lipinski definition) is 5. The number of amides is 2. The molecule has 9 heteroatoms. The fraction of sp³-hybridized carbons (Fsp3) is 0.0400. The summed E-state index contributed by atoms with van der Waals surface area (Å²) in [6.07, 6.45) is 1.30. The fourth-order valence-electron chi connectivity index (χ4n) is 2.84. The van der Waals surface area contributed by atoms with Crippen LogP contribution in [0.15, 0.2) is 78.4 Å². The van der Waals surface area contributed by atoms with E-state index in [0.717, 1.165) is 0 Å². The number of carboxylic acid groups (broad SMARTS) is 1. The van der Waals surface area contributed by atoms with E-state index in [9.17, 15) is 24.0 Å². The van der Waals surface area contributed by atoms with Gasteiger partial charge in [0.15, 0.2) is 6.61 Å². The number of hydrogen-bond donors (Lipinski definition) is 3. The minimum absolute atomic E-state index is 0.0158. The van der Waals surface area contributed by atoms with Crippen molar-refractivity contribution in [2.75, 3.05) is 17.2 Å². The molecule has 0 aliphatic heterocycles. The molecule has 34 heavy (non-hydrogen) atoms. The van der Waals surface area contributed by atoms with Crippen molar-refractivity contribution in [3.8, 4) is 11.8 Å². The van der Waals surface area contributed by atoms with E-state index in [1.54, 1.807) is 30.3 Å². The van der Waals surface area contributed by atoms with Crippen molar-refractivity contribution in [2.24, 2.45) is 0 Å². The molecule has 0 spiro atoms. The van der Waals surface area contributed by atoms with E-state index in [4.69, 9.17) is 9.84 Å². The van der Waals surface area contributed by atoms with E-state index >= 15 is 0 Å². The average molecular weight is 459 g/mol. The number of carboxylic acids is 1. The molecule has 0 atom stereocenters. The first-order valence-corrected chi connectivity index (χ1v) is 9.89. The van der Waals surface area contributed by atoms with E-state index in [0.29, 0.717) is 11.3 Å². The Kier molecular flexibility index (Phi) is 7.71. The van der Waals surface area contributed by atoms with Crippen LogP contribution in [0.2, 0.25) is 0 Å². The quantitative estimate of drug-likeness (QED) is 0.344. The van der Waals surface area contributed by atoms with Gasteiger partial charge in [-0.2, -0.15) is 5.26 Å². The van der Waals surface area contributed by atoms with E-state index in [2.05, 4.69) is 10.6 Å². The topological polar surface area (TPSA) is 129 Å². The Morgan fingerprint density at radius 3 is 2.41 bits per heavy atom. The molecule has 0 aromatic heterocycles. The van der Waals surface area contributed by atoms with Gasteiger partial charge >= 0.3 is 5.97 Å². The molecule has 0 heterocycles. The van der Waals surface area contributed by atoms with Crippen LogP contribution in [0.3, 0.4) is 0 Å². The summed E-state index contributed by atoms with van der Waals surface area (Å²) in [6, 6.07) is 19.2. The molecule has 3 aromatic rings. The molecule has 0 unspecified atom stereocenters. The third-order valence-corrected chi connectivity index (χ3v) is 4.44. The van der Waals surface area contributed by atoms with Crippen LogP contribution in [0.25, 0.3) is 6.08 Å². The predicted molar refractivity (Wildman–Crippen MR) is 123 cm³/mol. The highest BCUT2D eigenvalue weighted by molar-refractivity contribution is 6.10. The smallest absolute Gasteiger partial charge is 0.335 e. The molecule has 0 saturated heterocycles. The molecular formula is C25H18FN3O5. The third-order valence-electron chi connectivity index (χ3n) is 4.44. The van der Waals surface area contributed by atoms with Gasteiger partial charge < -0.3 is 20.5 Å². The lowest BCUT2D eigenvalue weighted by Crippen LogP contribution is -2.20. The van der Waals surface area contributed by atoms with Gasteiger partial charge in [-0.25, -0.2) is 9.18 Å². The minimum Gasteiger partial charge on any atom is -0.483 e. The second-order valence-electron chi connectivity index (χ2n) is 6.89. The first-order valence-electron chi connectivity index (χ1n) is 9.89. The lowest BCUT2D eigenvalue weighted by atomic mass is 10.1. The average Bonchev–Trinajstić information content (AvgIpc) is 2.83. The molecule has 3 N–H and O–H groups in total. The van der Waals surface area contributed by atoms with Crippen LogP contribution < -0.4 is 15.4 Å². The van der Waals surface area contributed by atoms with E-state index < -0.39 is 23.6 Å². The Balaban J connectivity index is 1.70. The zero-order valence-electron chi connectivity index (χ0n) is 17.6. The summed E-state index contributed by atoms with van der Waals surface area (Å²) in [5.74, 6) is -2.55. The largest absolute Gasteiger partial charge is 0.483 e. The number of nitrogens with one attached hydrogen (secondary N) is 2. The predicted octanol–water partition coefficient (Wildman–Crippen LogP) is 4.09. The number of anilines is 2. The summed E-state index contributed by atoms with van der Waals surface area (Å²) in [6.45, 7) is -0.363. The highest BCUT2D eigenvalue weighted by Crippen LogP contribution is 2.22. The Hall–Kier alpha value is -4.97. The molecule has 3 aromatic carbocycles. The maximum absolute atomic E-state index is 13.0. The molecule has 0 aliphatic carbocycles. The lowest BCUT2D eigenvalue weighted by Gasteiger charge is -2.10. The standard InChI is InChI=1S/C25H18FN3O5/c26-19-8-10-20(11-9-19)28-23(30)15-34-22-7-2-1-4-16(22)12-18(14-27)24(31)29-21-6-3-5-17(13-21)25(32)33/h1-13H,15H2,(H,28,30)(H,29,31)(H,32,33). The first kappa shape index (κ1) is 23.7. The minimum atomic E-state index is -1.15. The fourth-order valence-corrected chi connectivity index (χ4v) is 2.84. The number of carbonyl (C=O) groups excluding carboxylic acids is 2. The summed E-state index contributed by atoms with van der Waals surface area (Å²) < 4.78 is 18.5. The monoisotopic (exact) mass is 459 g/mol. The summed E-state index contributed by atoms with van der Waals surface area (Å²) in [5, 5.41) is 23.6. The molecule has 0 aliphatic rings. The normalized spacial score (nSPS) is 10.6. The molecule has 3 rings (SSSR count). The van der Waals surface area contributed by atoms with E-state index in [1.165, 1.54) is 54.6 Å². The van der Waals surface area contributed by atoms with Gasteiger partial charge in [0.1, 0.15) is 23.2 Å². The number of rotatable bonds is 8. The molecule has 0 bridgehead atoms. The van der Waals surface area contributed by atoms with E-state index in [-0.39, 0.29) is 29.2 Å². The lowest BCUT2D eigenvalue weighted by molar-refractivity contribution is -0.118. The molecule has 170 valence electrons. The van der Waals surface area contributed by atoms with Crippen molar-refractivity contribution >= 4 is 35.2 Å². The number of ether oxygens (including phenoxy) is 1. The van der Waals surface area contributed by atoms with Crippen molar-refractivity contribution in [3.63, 3.8) is 0 Å². The summed E-state index contributed by atoms with van der Waals surface area (Å²) in [7, 11) is 0. The summed E-state index contributed by atoms with van der Waals surface area (Å²) in [4.78, 5) is 35.8. The van der Waals surface area contributed by atoms with Crippen molar-refractivity contribution in [1.29, 1.82) is 5.26 Å². The maximum Gasteiger partial charge on any atom is 0.335 e.